The van der Waals surface area contributed by atoms with E-state index in [1.165, 1.54) is 37.3 Å². The fourth-order valence-electron chi connectivity index (χ4n) is 4.10. The van der Waals surface area contributed by atoms with Crippen LogP contribution in [0.5, 0.6) is 11.5 Å². The number of rotatable bonds is 13. The zero-order valence-corrected chi connectivity index (χ0v) is 26.2. The van der Waals surface area contributed by atoms with Gasteiger partial charge in [-0.25, -0.2) is 8.42 Å². The Labute approximate surface area is 250 Å². The number of nitrogens with zero attached hydrogens (tertiary/aromatic N) is 2. The summed E-state index contributed by atoms with van der Waals surface area (Å²) in [5.41, 5.74) is 0.899. The average molecular weight is 647 g/mol. The summed E-state index contributed by atoms with van der Waals surface area (Å²) in [5.74, 6) is -0.284. The number of halogens is 1. The molecule has 3 rings (SSSR count). The van der Waals surface area contributed by atoms with Crippen molar-refractivity contribution in [1.29, 1.82) is 0 Å². The number of hydrogen-bond donors (Lipinski definition) is 1. The van der Waals surface area contributed by atoms with Crippen LogP contribution in [0.2, 0.25) is 0 Å². The Kier molecular flexibility index (Phi) is 11.2. The molecule has 2 amide bonds. The van der Waals surface area contributed by atoms with Gasteiger partial charge in [0.05, 0.1) is 24.8 Å². The molecule has 9 nitrogen and oxygen atoms in total. The molecule has 0 bridgehead atoms. The van der Waals surface area contributed by atoms with Crippen molar-refractivity contribution >= 4 is 43.5 Å². The molecule has 0 fully saturated rings. The number of carbonyl (C=O) groups excluding carboxylic acids is 2. The van der Waals surface area contributed by atoms with Crippen molar-refractivity contribution in [3.8, 4) is 11.5 Å². The normalized spacial score (nSPS) is 12.6. The Hall–Kier alpha value is -3.57. The van der Waals surface area contributed by atoms with Crippen LogP contribution in [-0.2, 0) is 26.2 Å². The summed E-state index contributed by atoms with van der Waals surface area (Å²) >= 11 is 3.45. The lowest BCUT2D eigenvalue weighted by Crippen LogP contribution is -2.52. The van der Waals surface area contributed by atoms with E-state index in [1.807, 2.05) is 38.1 Å². The van der Waals surface area contributed by atoms with Gasteiger partial charge in [0.25, 0.3) is 10.0 Å². The van der Waals surface area contributed by atoms with Crippen LogP contribution < -0.4 is 19.1 Å². The summed E-state index contributed by atoms with van der Waals surface area (Å²) in [6.45, 7) is 4.97. The van der Waals surface area contributed by atoms with Gasteiger partial charge < -0.3 is 19.7 Å². The first kappa shape index (κ1) is 32.0. The molecule has 0 saturated carbocycles. The van der Waals surface area contributed by atoms with Gasteiger partial charge in [-0.15, -0.1) is 0 Å². The molecule has 0 spiro atoms. The van der Waals surface area contributed by atoms with Crippen molar-refractivity contribution in [3.05, 3.63) is 82.8 Å². The van der Waals surface area contributed by atoms with E-state index in [2.05, 4.69) is 21.2 Å². The first-order valence-corrected chi connectivity index (χ1v) is 15.4. The van der Waals surface area contributed by atoms with E-state index in [-0.39, 0.29) is 34.8 Å². The van der Waals surface area contributed by atoms with E-state index in [1.54, 1.807) is 37.3 Å². The van der Waals surface area contributed by atoms with Crippen LogP contribution >= 0.6 is 15.9 Å². The third-order valence-electron chi connectivity index (χ3n) is 6.68. The summed E-state index contributed by atoms with van der Waals surface area (Å²) in [6, 6.07) is 19.0. The molecule has 0 aromatic heterocycles. The molecule has 0 aliphatic rings. The van der Waals surface area contributed by atoms with Crippen LogP contribution in [0.4, 0.5) is 5.69 Å². The number of sulfonamides is 1. The summed E-state index contributed by atoms with van der Waals surface area (Å²) in [5, 5.41) is 2.93. The van der Waals surface area contributed by atoms with Gasteiger partial charge in [0.1, 0.15) is 24.1 Å². The predicted molar refractivity (Wildman–Crippen MR) is 163 cm³/mol. The molecule has 3 aromatic carbocycles. The number of amides is 2. The van der Waals surface area contributed by atoms with Crippen LogP contribution in [0.1, 0.15) is 32.8 Å². The number of carbonyl (C=O) groups is 2. The molecule has 0 aliphatic carbocycles. The molecule has 0 aliphatic heterocycles. The Morgan fingerprint density at radius 2 is 1.66 bits per heavy atom. The molecule has 0 heterocycles. The zero-order valence-electron chi connectivity index (χ0n) is 23.8. The van der Waals surface area contributed by atoms with Crippen molar-refractivity contribution in [2.75, 3.05) is 25.1 Å². The van der Waals surface area contributed by atoms with Gasteiger partial charge in [-0.3, -0.25) is 13.9 Å². The lowest BCUT2D eigenvalue weighted by atomic mass is 10.1. The highest BCUT2D eigenvalue weighted by molar-refractivity contribution is 9.10. The highest BCUT2D eigenvalue weighted by atomic mass is 79.9. The van der Waals surface area contributed by atoms with Crippen molar-refractivity contribution in [2.45, 2.75) is 50.7 Å². The fourth-order valence-corrected chi connectivity index (χ4v) is 5.99. The summed E-state index contributed by atoms with van der Waals surface area (Å²) in [4.78, 5) is 28.7. The molecule has 0 unspecified atom stereocenters. The maximum absolute atomic E-state index is 14.1. The van der Waals surface area contributed by atoms with Crippen molar-refractivity contribution in [1.82, 2.24) is 10.2 Å². The van der Waals surface area contributed by atoms with Crippen molar-refractivity contribution < 1.29 is 27.5 Å². The maximum atomic E-state index is 14.1. The van der Waals surface area contributed by atoms with Gasteiger partial charge in [0, 0.05) is 23.1 Å². The highest BCUT2D eigenvalue weighted by Gasteiger charge is 2.34. The van der Waals surface area contributed by atoms with Crippen LogP contribution in [0.15, 0.2) is 82.2 Å². The van der Waals surface area contributed by atoms with E-state index in [0.29, 0.717) is 5.75 Å². The van der Waals surface area contributed by atoms with Gasteiger partial charge in [-0.05, 0) is 62.2 Å². The standard InChI is InChI=1S/C30H36BrN3O6S/c1-6-21(2)32-30(36)22(3)33(19-23-11-10-12-24(31)17-23)29(35)20-34(41(37,38)26-13-8-7-9-14-26)27-18-25(39-4)15-16-28(27)40-5/h7-18,21-22H,6,19-20H2,1-5H3,(H,32,36)/t21-,22+/m1/s1. The number of benzene rings is 3. The lowest BCUT2D eigenvalue weighted by molar-refractivity contribution is -0.139. The Bertz CT molecular complexity index is 1450. The van der Waals surface area contributed by atoms with E-state index in [4.69, 9.17) is 9.47 Å². The maximum Gasteiger partial charge on any atom is 0.264 e. The van der Waals surface area contributed by atoms with Gasteiger partial charge in [-0.1, -0.05) is 53.2 Å². The number of nitrogens with one attached hydrogen (secondary N) is 1. The predicted octanol–water partition coefficient (Wildman–Crippen LogP) is 4.99. The van der Waals surface area contributed by atoms with E-state index < -0.39 is 28.5 Å². The first-order valence-electron chi connectivity index (χ1n) is 13.2. The monoisotopic (exact) mass is 645 g/mol. The van der Waals surface area contributed by atoms with Crippen molar-refractivity contribution in [3.63, 3.8) is 0 Å². The SMILES string of the molecule is CC[C@@H](C)NC(=O)[C@H](C)N(Cc1cccc(Br)c1)C(=O)CN(c1cc(OC)ccc1OC)S(=O)(=O)c1ccccc1. The first-order chi connectivity index (χ1) is 19.5. The fraction of sp³-hybridized carbons (Fsp3) is 0.333. The Morgan fingerprint density at radius 1 is 0.951 bits per heavy atom. The average Bonchev–Trinajstić information content (AvgIpc) is 2.98. The minimum atomic E-state index is -4.25. The number of anilines is 1. The minimum Gasteiger partial charge on any atom is -0.497 e. The van der Waals surface area contributed by atoms with Crippen LogP contribution in [0, 0.1) is 0 Å². The van der Waals surface area contributed by atoms with E-state index in [0.717, 1.165) is 20.8 Å². The second kappa shape index (κ2) is 14.4. The van der Waals surface area contributed by atoms with Crippen LogP contribution in [0.25, 0.3) is 0 Å². The molecule has 0 radical (unpaired) electrons. The summed E-state index contributed by atoms with van der Waals surface area (Å²) in [7, 11) is -1.37. The van der Waals surface area contributed by atoms with Gasteiger partial charge in [0.15, 0.2) is 0 Å². The largest absolute Gasteiger partial charge is 0.497 e. The number of methoxy groups -OCH3 is 2. The highest BCUT2D eigenvalue weighted by Crippen LogP contribution is 2.36. The topological polar surface area (TPSA) is 105 Å². The quantitative estimate of drug-likeness (QED) is 0.281. The molecule has 0 saturated heterocycles. The number of hydrogen-bond acceptors (Lipinski definition) is 6. The summed E-state index contributed by atoms with van der Waals surface area (Å²) in [6.07, 6.45) is 0.719. The molecular formula is C30H36BrN3O6S. The van der Waals surface area contributed by atoms with E-state index in [9.17, 15) is 18.0 Å². The molecule has 220 valence electrons. The Morgan fingerprint density at radius 3 is 2.27 bits per heavy atom. The molecular weight excluding hydrogens is 610 g/mol. The lowest BCUT2D eigenvalue weighted by Gasteiger charge is -2.33. The molecule has 11 heteroatoms. The minimum absolute atomic E-state index is 0.00113. The van der Waals surface area contributed by atoms with Crippen LogP contribution in [-0.4, -0.2) is 58.0 Å². The van der Waals surface area contributed by atoms with Gasteiger partial charge in [-0.2, -0.15) is 0 Å². The molecule has 2 atom stereocenters. The smallest absolute Gasteiger partial charge is 0.264 e. The third kappa shape index (κ3) is 8.01. The van der Waals surface area contributed by atoms with Gasteiger partial charge >= 0.3 is 0 Å². The van der Waals surface area contributed by atoms with E-state index >= 15 is 0 Å². The Balaban J connectivity index is 2.10. The van der Waals surface area contributed by atoms with Crippen molar-refractivity contribution in [2.24, 2.45) is 0 Å². The summed E-state index contributed by atoms with van der Waals surface area (Å²) < 4.78 is 40.7. The second-order valence-corrected chi connectivity index (χ2v) is 12.3. The molecule has 41 heavy (non-hydrogen) atoms. The molecule has 3 aromatic rings. The zero-order chi connectivity index (χ0) is 30.2. The third-order valence-corrected chi connectivity index (χ3v) is 8.94. The molecule has 1 N–H and O–H groups in total. The second-order valence-electron chi connectivity index (χ2n) is 9.51. The van der Waals surface area contributed by atoms with Crippen LogP contribution in [0.3, 0.4) is 0 Å². The number of ether oxygens (including phenoxy) is 2. The van der Waals surface area contributed by atoms with Gasteiger partial charge in [0.2, 0.25) is 11.8 Å².